The van der Waals surface area contributed by atoms with Crippen LogP contribution in [-0.2, 0) is 0 Å². The van der Waals surface area contributed by atoms with E-state index in [0.717, 1.165) is 43.9 Å². The van der Waals surface area contributed by atoms with Gasteiger partial charge in [0.1, 0.15) is 5.82 Å². The van der Waals surface area contributed by atoms with E-state index in [-0.39, 0.29) is 0 Å². The maximum atomic E-state index is 4.78. The summed E-state index contributed by atoms with van der Waals surface area (Å²) in [7, 11) is 0. The van der Waals surface area contributed by atoms with E-state index >= 15 is 0 Å². The van der Waals surface area contributed by atoms with Crippen LogP contribution in [0.3, 0.4) is 0 Å². The van der Waals surface area contributed by atoms with Crippen LogP contribution in [0.4, 0.5) is 0 Å². The van der Waals surface area contributed by atoms with Crippen molar-refractivity contribution in [3.63, 3.8) is 0 Å². The Labute approximate surface area is 175 Å². The number of halogens is 1. The molecule has 2 aliphatic rings. The lowest BCUT2D eigenvalue weighted by molar-refractivity contribution is 0.282. The summed E-state index contributed by atoms with van der Waals surface area (Å²) < 4.78 is 0. The average molecular weight is 403 g/mol. The maximum Gasteiger partial charge on any atom is 0.102 e. The van der Waals surface area contributed by atoms with E-state index in [1.54, 1.807) is 0 Å². The minimum Gasteiger partial charge on any atom is -0.368 e. The molecule has 1 fully saturated rings. The Bertz CT molecular complexity index is 749. The van der Waals surface area contributed by atoms with Gasteiger partial charge in [-0.05, 0) is 23.8 Å². The van der Waals surface area contributed by atoms with Crippen molar-refractivity contribution >= 4 is 28.1 Å². The molecule has 2 aromatic rings. The molecule has 4 rings (SSSR count). The highest BCUT2D eigenvalue weighted by Crippen LogP contribution is 2.20. The third kappa shape index (κ3) is 6.54. The fourth-order valence-corrected chi connectivity index (χ4v) is 3.03. The number of aromatic nitrogens is 1. The zero-order chi connectivity index (χ0) is 20.8. The normalized spacial score (nSPS) is 15.3. The first-order valence-electron chi connectivity index (χ1n) is 10.2. The zero-order valence-electron chi connectivity index (χ0n) is 17.9. The van der Waals surface area contributed by atoms with Crippen LogP contribution in [0.5, 0.6) is 0 Å². The molecule has 2 aliphatic heterocycles. The Morgan fingerprint density at radius 1 is 0.893 bits per heavy atom. The van der Waals surface area contributed by atoms with Crippen LogP contribution in [0.25, 0.3) is 16.5 Å². The van der Waals surface area contributed by atoms with Gasteiger partial charge in [-0.15, -0.1) is 11.6 Å². The molecule has 5 heteroatoms. The van der Waals surface area contributed by atoms with Crippen LogP contribution in [0.15, 0.2) is 54.4 Å². The number of dihydropyridines is 1. The average Bonchev–Trinajstić information content (AvgIpc) is 2.83. The Morgan fingerprint density at radius 2 is 1.57 bits per heavy atom. The van der Waals surface area contributed by atoms with E-state index in [9.17, 15) is 0 Å². The molecule has 2 N–H and O–H groups in total. The van der Waals surface area contributed by atoms with Gasteiger partial charge in [0.2, 0.25) is 0 Å². The summed E-state index contributed by atoms with van der Waals surface area (Å²) >= 11 is 4.64. The first kappa shape index (κ1) is 24.0. The smallest absolute Gasteiger partial charge is 0.102 e. The molecule has 154 valence electrons. The summed E-state index contributed by atoms with van der Waals surface area (Å²) in [6, 6.07) is 12.5. The van der Waals surface area contributed by atoms with Gasteiger partial charge in [-0.3, -0.25) is 0 Å². The van der Waals surface area contributed by atoms with Gasteiger partial charge in [0.25, 0.3) is 0 Å². The molecule has 0 saturated carbocycles. The largest absolute Gasteiger partial charge is 0.368 e. The van der Waals surface area contributed by atoms with Gasteiger partial charge in [-0.25, -0.2) is 4.98 Å². The van der Waals surface area contributed by atoms with Crippen molar-refractivity contribution in [3.8, 4) is 0 Å². The number of piperazine rings is 1. The number of fused-ring (bicyclic) bond motifs is 1. The van der Waals surface area contributed by atoms with Crippen molar-refractivity contribution in [1.29, 1.82) is 0 Å². The summed E-state index contributed by atoms with van der Waals surface area (Å²) in [6.45, 7) is 13.1. The first-order chi connectivity index (χ1) is 13.9. The molecule has 4 nitrogen and oxygen atoms in total. The molecule has 3 heterocycles. The molecule has 0 radical (unpaired) electrons. The number of benzene rings is 1. The van der Waals surface area contributed by atoms with Crippen LogP contribution >= 0.6 is 11.6 Å². The quantitative estimate of drug-likeness (QED) is 0.702. The molecule has 0 aliphatic carbocycles. The van der Waals surface area contributed by atoms with Gasteiger partial charge in [0.15, 0.2) is 0 Å². The highest BCUT2D eigenvalue weighted by Gasteiger charge is 2.16. The third-order valence-corrected chi connectivity index (χ3v) is 4.29. The predicted octanol–water partition coefficient (Wildman–Crippen LogP) is 4.88. The standard InChI is InChI=1S/C18H20N4.2C2H6.CH3Cl/c1-2-4-16-14(3-1)5-7-17(21-16)15-6-8-18(20-13-15)22-11-9-19-10-12-22;3*1-2/h1-8,19-20H,9-13H2;2*1-2H3;1H3. The second-order valence-electron chi connectivity index (χ2n) is 5.72. The second kappa shape index (κ2) is 14.0. The van der Waals surface area contributed by atoms with E-state index in [0.29, 0.717) is 0 Å². The molecule has 1 aromatic carbocycles. The summed E-state index contributed by atoms with van der Waals surface area (Å²) in [5, 5.41) is 8.11. The van der Waals surface area contributed by atoms with Crippen LogP contribution in [0.1, 0.15) is 33.4 Å². The number of pyridine rings is 1. The lowest BCUT2D eigenvalue weighted by Crippen LogP contribution is -2.46. The van der Waals surface area contributed by atoms with E-state index in [1.807, 2.05) is 39.8 Å². The van der Waals surface area contributed by atoms with Crippen molar-refractivity contribution in [2.45, 2.75) is 27.7 Å². The monoisotopic (exact) mass is 402 g/mol. The van der Waals surface area contributed by atoms with E-state index < -0.39 is 0 Å². The Kier molecular flexibility index (Phi) is 12.0. The molecule has 1 saturated heterocycles. The SMILES string of the molecule is C1=C(c2ccc3ccccc3n2)CNC(N2CCNCC2)=C1.CC.CC.CCl. The number of allylic oxidation sites excluding steroid dienone is 2. The number of hydrogen-bond donors (Lipinski definition) is 2. The number of nitrogens with one attached hydrogen (secondary N) is 2. The molecule has 0 bridgehead atoms. The van der Waals surface area contributed by atoms with Gasteiger partial charge in [-0.1, -0.05) is 58.0 Å². The molecular weight excluding hydrogens is 368 g/mol. The number of rotatable bonds is 2. The third-order valence-electron chi connectivity index (χ3n) is 4.29. The van der Waals surface area contributed by atoms with Gasteiger partial charge < -0.3 is 15.5 Å². The minimum atomic E-state index is 0.834. The van der Waals surface area contributed by atoms with Gasteiger partial charge in [0.05, 0.1) is 11.2 Å². The zero-order valence-corrected chi connectivity index (χ0v) is 18.7. The molecule has 0 amide bonds. The second-order valence-corrected chi connectivity index (χ2v) is 5.72. The minimum absolute atomic E-state index is 0.834. The van der Waals surface area contributed by atoms with Crippen molar-refractivity contribution in [3.05, 3.63) is 60.1 Å². The van der Waals surface area contributed by atoms with E-state index in [2.05, 4.69) is 63.6 Å². The highest BCUT2D eigenvalue weighted by molar-refractivity contribution is 6.15. The fraction of sp³-hybridized carbons (Fsp3) is 0.435. The van der Waals surface area contributed by atoms with Crippen molar-refractivity contribution in [1.82, 2.24) is 20.5 Å². The van der Waals surface area contributed by atoms with Crippen molar-refractivity contribution in [2.24, 2.45) is 0 Å². The molecule has 28 heavy (non-hydrogen) atoms. The Balaban J connectivity index is 0.000000599. The van der Waals surface area contributed by atoms with Gasteiger partial charge in [-0.2, -0.15) is 0 Å². The number of alkyl halides is 1. The molecule has 1 aromatic heterocycles. The maximum absolute atomic E-state index is 4.78. The van der Waals surface area contributed by atoms with Crippen molar-refractivity contribution in [2.75, 3.05) is 39.1 Å². The lowest BCUT2D eigenvalue weighted by Gasteiger charge is -2.33. The van der Waals surface area contributed by atoms with E-state index in [4.69, 9.17) is 4.98 Å². The molecule has 0 atom stereocenters. The predicted molar refractivity (Wildman–Crippen MR) is 125 cm³/mol. The lowest BCUT2D eigenvalue weighted by atomic mass is 10.1. The van der Waals surface area contributed by atoms with Gasteiger partial charge in [0, 0.05) is 44.5 Å². The topological polar surface area (TPSA) is 40.2 Å². The first-order valence-corrected chi connectivity index (χ1v) is 11.0. The summed E-state index contributed by atoms with van der Waals surface area (Å²) in [5.74, 6) is 1.23. The molecule has 0 spiro atoms. The number of para-hydroxylation sites is 1. The summed E-state index contributed by atoms with van der Waals surface area (Å²) in [6.07, 6.45) is 5.85. The van der Waals surface area contributed by atoms with Crippen LogP contribution in [0, 0.1) is 0 Å². The van der Waals surface area contributed by atoms with E-state index in [1.165, 1.54) is 23.2 Å². The summed E-state index contributed by atoms with van der Waals surface area (Å²) in [4.78, 5) is 7.18. The van der Waals surface area contributed by atoms with Crippen molar-refractivity contribution < 1.29 is 0 Å². The van der Waals surface area contributed by atoms with Crippen LogP contribution < -0.4 is 10.6 Å². The number of hydrogen-bond acceptors (Lipinski definition) is 4. The molecular formula is C23H35ClN4. The fourth-order valence-electron chi connectivity index (χ4n) is 3.03. The van der Waals surface area contributed by atoms with Crippen LogP contribution in [0.2, 0.25) is 0 Å². The Hall–Kier alpha value is -2.04. The number of nitrogens with zero attached hydrogens (tertiary/aromatic N) is 2. The molecule has 0 unspecified atom stereocenters. The Morgan fingerprint density at radius 3 is 2.21 bits per heavy atom. The highest BCUT2D eigenvalue weighted by atomic mass is 35.5. The van der Waals surface area contributed by atoms with Crippen LogP contribution in [-0.4, -0.2) is 49.0 Å². The summed E-state index contributed by atoms with van der Waals surface area (Å²) in [5.41, 5.74) is 3.35. The van der Waals surface area contributed by atoms with Gasteiger partial charge >= 0.3 is 0 Å².